The Hall–Kier alpha value is -5.34. The second kappa shape index (κ2) is 14.2. The molecule has 0 fully saturated rings. The largest absolute Gasteiger partial charge is 0.497 e. The predicted octanol–water partition coefficient (Wildman–Crippen LogP) is 7.38. The van der Waals surface area contributed by atoms with E-state index < -0.39 is 11.8 Å². The van der Waals surface area contributed by atoms with Crippen molar-refractivity contribution in [2.45, 2.75) is 17.1 Å². The Bertz CT molecular complexity index is 1820. The lowest BCUT2D eigenvalue weighted by atomic mass is 10.1. The number of amides is 3. The number of anilines is 2. The molecule has 0 aliphatic heterocycles. The van der Waals surface area contributed by atoms with Crippen molar-refractivity contribution in [1.82, 2.24) is 5.32 Å². The third-order valence-electron chi connectivity index (χ3n) is 6.78. The van der Waals surface area contributed by atoms with Gasteiger partial charge in [-0.3, -0.25) is 14.4 Å². The fourth-order valence-corrected chi connectivity index (χ4v) is 5.35. The van der Waals surface area contributed by atoms with Crippen molar-refractivity contribution in [3.8, 4) is 5.75 Å². The van der Waals surface area contributed by atoms with Gasteiger partial charge < -0.3 is 20.7 Å². The first kappa shape index (κ1) is 30.1. The summed E-state index contributed by atoms with van der Waals surface area (Å²) in [4.78, 5) is 40.1. The van der Waals surface area contributed by atoms with E-state index >= 15 is 0 Å². The summed E-state index contributed by atoms with van der Waals surface area (Å²) in [5.41, 5.74) is 2.50. The lowest BCUT2D eigenvalue weighted by molar-refractivity contribution is -0.115. The van der Waals surface area contributed by atoms with Gasteiger partial charge in [0.05, 0.1) is 12.4 Å². The number of methoxy groups -OCH3 is 1. The van der Waals surface area contributed by atoms with Crippen LogP contribution in [0, 0.1) is 0 Å². The van der Waals surface area contributed by atoms with Crippen LogP contribution < -0.4 is 20.7 Å². The van der Waals surface area contributed by atoms with Crippen LogP contribution in [0.2, 0.25) is 0 Å². The highest BCUT2D eigenvalue weighted by molar-refractivity contribution is 8.00. The van der Waals surface area contributed by atoms with Gasteiger partial charge in [-0.15, -0.1) is 11.8 Å². The van der Waals surface area contributed by atoms with Crippen LogP contribution >= 0.6 is 11.8 Å². The molecule has 0 aliphatic rings. The second-order valence-corrected chi connectivity index (χ2v) is 11.3. The van der Waals surface area contributed by atoms with Crippen LogP contribution in [0.1, 0.15) is 22.8 Å². The van der Waals surface area contributed by atoms with Crippen molar-refractivity contribution in [1.29, 1.82) is 0 Å². The first-order chi connectivity index (χ1) is 21.4. The molecule has 7 nitrogen and oxygen atoms in total. The minimum absolute atomic E-state index is 0.0734. The standard InChI is InChI=1S/C36H31N3O4S/c1-24(34(40)38-32-17-9-14-26-11-6-7-16-31(26)32)44-30-20-18-28(19-21-30)37-36(42)33(23-25-10-8-15-29(22-25)43-2)39-35(41)27-12-4-3-5-13-27/h3-24H,1-2H3,(H,37,42)(H,38,40)(H,39,41)/b33-23-. The molecule has 1 unspecified atom stereocenters. The minimum atomic E-state index is -0.486. The Morgan fingerprint density at radius 1 is 0.773 bits per heavy atom. The van der Waals surface area contributed by atoms with E-state index in [1.165, 1.54) is 11.8 Å². The van der Waals surface area contributed by atoms with Crippen LogP contribution in [0.5, 0.6) is 5.75 Å². The molecular weight excluding hydrogens is 570 g/mol. The Morgan fingerprint density at radius 3 is 2.25 bits per heavy atom. The molecule has 0 bridgehead atoms. The van der Waals surface area contributed by atoms with Crippen molar-refractivity contribution < 1.29 is 19.1 Å². The van der Waals surface area contributed by atoms with Gasteiger partial charge >= 0.3 is 0 Å². The average molecular weight is 602 g/mol. The molecule has 0 heterocycles. The maximum Gasteiger partial charge on any atom is 0.272 e. The van der Waals surface area contributed by atoms with E-state index in [0.29, 0.717) is 22.6 Å². The van der Waals surface area contributed by atoms with Gasteiger partial charge in [-0.25, -0.2) is 0 Å². The number of nitrogens with one attached hydrogen (secondary N) is 3. The smallest absolute Gasteiger partial charge is 0.272 e. The first-order valence-corrected chi connectivity index (χ1v) is 14.9. The normalized spacial score (nSPS) is 11.8. The maximum absolute atomic E-state index is 13.4. The summed E-state index contributed by atoms with van der Waals surface area (Å²) < 4.78 is 5.30. The van der Waals surface area contributed by atoms with E-state index in [2.05, 4.69) is 16.0 Å². The van der Waals surface area contributed by atoms with E-state index in [1.807, 2.05) is 73.7 Å². The van der Waals surface area contributed by atoms with Gasteiger partial charge in [-0.2, -0.15) is 0 Å². The summed E-state index contributed by atoms with van der Waals surface area (Å²) in [5.74, 6) is -0.371. The maximum atomic E-state index is 13.4. The number of benzene rings is 5. The number of ether oxygens (including phenoxy) is 1. The summed E-state index contributed by atoms with van der Waals surface area (Å²) in [6.45, 7) is 1.85. The highest BCUT2D eigenvalue weighted by Crippen LogP contribution is 2.28. The molecule has 3 N–H and O–H groups in total. The van der Waals surface area contributed by atoms with Gasteiger partial charge in [0.15, 0.2) is 0 Å². The average Bonchev–Trinajstić information content (AvgIpc) is 3.06. The Balaban J connectivity index is 1.26. The molecule has 220 valence electrons. The summed E-state index contributed by atoms with van der Waals surface area (Å²) in [6, 6.07) is 36.8. The quantitative estimate of drug-likeness (QED) is 0.115. The van der Waals surface area contributed by atoms with Crippen molar-refractivity contribution >= 4 is 57.7 Å². The van der Waals surface area contributed by atoms with E-state index in [1.54, 1.807) is 67.8 Å². The zero-order chi connectivity index (χ0) is 30.9. The third kappa shape index (κ3) is 7.73. The molecule has 8 heteroatoms. The van der Waals surface area contributed by atoms with Crippen LogP contribution in [0.25, 0.3) is 16.8 Å². The highest BCUT2D eigenvalue weighted by Gasteiger charge is 2.17. The van der Waals surface area contributed by atoms with E-state index in [-0.39, 0.29) is 16.9 Å². The molecule has 3 amide bonds. The minimum Gasteiger partial charge on any atom is -0.497 e. The van der Waals surface area contributed by atoms with Gasteiger partial charge in [0.2, 0.25) is 5.91 Å². The fourth-order valence-electron chi connectivity index (χ4n) is 4.48. The third-order valence-corrected chi connectivity index (χ3v) is 7.89. The van der Waals surface area contributed by atoms with Crippen LogP contribution in [0.15, 0.2) is 132 Å². The Labute approximate surface area is 260 Å². The molecule has 0 aliphatic carbocycles. The van der Waals surface area contributed by atoms with Gasteiger partial charge in [0.25, 0.3) is 11.8 Å². The summed E-state index contributed by atoms with van der Waals surface area (Å²) in [5, 5.41) is 10.3. The molecule has 0 saturated carbocycles. The molecule has 44 heavy (non-hydrogen) atoms. The van der Waals surface area contributed by atoms with E-state index in [9.17, 15) is 14.4 Å². The number of carbonyl (C=O) groups excluding carboxylic acids is 3. The molecule has 1 atom stereocenters. The molecule has 5 rings (SSSR count). The number of carbonyl (C=O) groups is 3. The lowest BCUT2D eigenvalue weighted by Crippen LogP contribution is -2.30. The van der Waals surface area contributed by atoms with E-state index in [4.69, 9.17) is 4.74 Å². The van der Waals surface area contributed by atoms with Crippen LogP contribution in [0.4, 0.5) is 11.4 Å². The van der Waals surface area contributed by atoms with Gasteiger partial charge in [0.1, 0.15) is 11.4 Å². The van der Waals surface area contributed by atoms with E-state index in [0.717, 1.165) is 21.4 Å². The molecule has 5 aromatic carbocycles. The van der Waals surface area contributed by atoms with Crippen LogP contribution in [-0.2, 0) is 9.59 Å². The van der Waals surface area contributed by atoms with Gasteiger partial charge in [0, 0.05) is 27.2 Å². The summed E-state index contributed by atoms with van der Waals surface area (Å²) in [6.07, 6.45) is 1.60. The molecular formula is C36H31N3O4S. The Kier molecular flexibility index (Phi) is 9.74. The predicted molar refractivity (Wildman–Crippen MR) is 178 cm³/mol. The Morgan fingerprint density at radius 2 is 1.48 bits per heavy atom. The fraction of sp³-hybridized carbons (Fsp3) is 0.0833. The van der Waals surface area contributed by atoms with Crippen molar-refractivity contribution in [3.05, 3.63) is 138 Å². The number of hydrogen-bond donors (Lipinski definition) is 3. The monoisotopic (exact) mass is 601 g/mol. The van der Waals surface area contributed by atoms with Gasteiger partial charge in [-0.1, -0.05) is 66.7 Å². The highest BCUT2D eigenvalue weighted by atomic mass is 32.2. The summed E-state index contributed by atoms with van der Waals surface area (Å²) in [7, 11) is 1.56. The van der Waals surface area contributed by atoms with Crippen LogP contribution in [0.3, 0.4) is 0 Å². The summed E-state index contributed by atoms with van der Waals surface area (Å²) >= 11 is 1.42. The molecule has 0 spiro atoms. The number of thioether (sulfide) groups is 1. The van der Waals surface area contributed by atoms with Crippen LogP contribution in [-0.4, -0.2) is 30.1 Å². The molecule has 0 aromatic heterocycles. The number of rotatable bonds is 10. The lowest BCUT2D eigenvalue weighted by Gasteiger charge is -2.14. The molecule has 0 radical (unpaired) electrons. The zero-order valence-corrected chi connectivity index (χ0v) is 25.1. The topological polar surface area (TPSA) is 96.5 Å². The number of hydrogen-bond acceptors (Lipinski definition) is 5. The second-order valence-electron chi connectivity index (χ2n) is 9.91. The molecule has 0 saturated heterocycles. The SMILES string of the molecule is COc1cccc(/C=C(\NC(=O)c2ccccc2)C(=O)Nc2ccc(SC(C)C(=O)Nc3cccc4ccccc34)cc2)c1. The first-order valence-electron chi connectivity index (χ1n) is 14.0. The molecule has 5 aromatic rings. The number of fused-ring (bicyclic) bond motifs is 1. The van der Waals surface area contributed by atoms with Crippen molar-refractivity contribution in [2.24, 2.45) is 0 Å². The zero-order valence-electron chi connectivity index (χ0n) is 24.2. The van der Waals surface area contributed by atoms with Gasteiger partial charge in [-0.05, 0) is 78.5 Å². The van der Waals surface area contributed by atoms with Crippen molar-refractivity contribution in [2.75, 3.05) is 17.7 Å². The van der Waals surface area contributed by atoms with Crippen molar-refractivity contribution in [3.63, 3.8) is 0 Å².